The monoisotopic (exact) mass is 643 g/mol. The number of piperidine rings is 1. The Labute approximate surface area is 266 Å². The Hall–Kier alpha value is -3.87. The predicted octanol–water partition coefficient (Wildman–Crippen LogP) is 2.58. The van der Waals surface area contributed by atoms with Gasteiger partial charge in [0.1, 0.15) is 24.2 Å². The predicted molar refractivity (Wildman–Crippen MR) is 164 cm³/mol. The Kier molecular flexibility index (Phi) is 10.1. The number of aromatic amines is 1. The van der Waals surface area contributed by atoms with Crippen LogP contribution in [0.25, 0.3) is 10.9 Å². The van der Waals surface area contributed by atoms with Gasteiger partial charge in [-0.25, -0.2) is 8.78 Å². The lowest BCUT2D eigenvalue weighted by molar-refractivity contribution is -0.140. The van der Waals surface area contributed by atoms with E-state index in [4.69, 9.17) is 5.11 Å². The van der Waals surface area contributed by atoms with E-state index < -0.39 is 42.5 Å². The number of alkyl halides is 1. The van der Waals surface area contributed by atoms with Crippen LogP contribution in [-0.2, 0) is 19.2 Å². The van der Waals surface area contributed by atoms with Crippen LogP contribution >= 0.6 is 0 Å². The summed E-state index contributed by atoms with van der Waals surface area (Å²) in [5.41, 5.74) is 0.668. The minimum atomic E-state index is -1.29. The molecule has 3 heterocycles. The zero-order valence-corrected chi connectivity index (χ0v) is 26.2. The molecule has 4 fully saturated rings. The van der Waals surface area contributed by atoms with E-state index in [1.54, 1.807) is 12.1 Å². The van der Waals surface area contributed by atoms with Gasteiger partial charge in [0.15, 0.2) is 12.1 Å². The molecule has 46 heavy (non-hydrogen) atoms. The van der Waals surface area contributed by atoms with Crippen LogP contribution in [0.4, 0.5) is 8.78 Å². The molecule has 2 saturated heterocycles. The molecule has 11 nitrogen and oxygen atoms in total. The summed E-state index contributed by atoms with van der Waals surface area (Å²) in [5, 5.41) is 16.8. The zero-order valence-electron chi connectivity index (χ0n) is 26.2. The number of rotatable bonds is 10. The van der Waals surface area contributed by atoms with Gasteiger partial charge in [-0.05, 0) is 61.1 Å². The van der Waals surface area contributed by atoms with Crippen LogP contribution in [0.1, 0.15) is 69.3 Å². The molecule has 4 amide bonds. The molecule has 0 radical (unpaired) electrons. The van der Waals surface area contributed by atoms with Crippen molar-refractivity contribution in [3.8, 4) is 0 Å². The number of hydrogen-bond acceptors (Lipinski definition) is 6. The molecule has 1 aromatic carbocycles. The molecule has 4 aliphatic rings. The van der Waals surface area contributed by atoms with Crippen molar-refractivity contribution >= 4 is 40.8 Å². The van der Waals surface area contributed by atoms with Gasteiger partial charge in [-0.2, -0.15) is 0 Å². The Morgan fingerprint density at radius 1 is 1.17 bits per heavy atom. The number of fused-ring (bicyclic) bond motifs is 2. The number of carbonyl (C=O) groups excluding carboxylic acids is 5. The fourth-order valence-corrected chi connectivity index (χ4v) is 7.53. The summed E-state index contributed by atoms with van der Waals surface area (Å²) in [6.45, 7) is 4.48. The van der Waals surface area contributed by atoms with E-state index in [9.17, 15) is 28.4 Å². The van der Waals surface area contributed by atoms with Crippen molar-refractivity contribution in [3.05, 3.63) is 35.8 Å². The number of benzene rings is 1. The Bertz CT molecular complexity index is 1470. The van der Waals surface area contributed by atoms with E-state index in [2.05, 4.69) is 20.9 Å². The molecule has 2 aliphatic heterocycles. The van der Waals surface area contributed by atoms with Gasteiger partial charge in [0.05, 0.1) is 6.04 Å². The van der Waals surface area contributed by atoms with E-state index in [0.717, 1.165) is 32.1 Å². The van der Waals surface area contributed by atoms with Gasteiger partial charge in [-0.1, -0.05) is 39.2 Å². The zero-order chi connectivity index (χ0) is 33.2. The van der Waals surface area contributed by atoms with Gasteiger partial charge < -0.3 is 30.9 Å². The standard InChI is InChI=1S/C24H29F2N3O2.C9H14N2O4/c1-24(2)15-12-29(21(26)19(15)24)23(31)20(13-7-4-3-5-8-13)28-22(30)18-11-14-16(25)9-6-10-17(14)27-18;12-4-8(14)7(11-5-13)3-6-1-2-10-9(6)15/h6,9-11,13,15,19-21,27H,3-5,7-8,12H2,1-2H3,(H,28,30);5-7,12H,1-4H2,(H,10,15)(H,11,13)/t15-,19-,20?,21-;/m0./s1. The molecule has 5 N–H and O–H groups in total. The van der Waals surface area contributed by atoms with Gasteiger partial charge in [0, 0.05) is 35.8 Å². The summed E-state index contributed by atoms with van der Waals surface area (Å²) < 4.78 is 29.1. The number of amides is 4. The first-order valence-electron chi connectivity index (χ1n) is 16.1. The third-order valence-corrected chi connectivity index (χ3v) is 10.4. The molecule has 1 aromatic heterocycles. The minimum Gasteiger partial charge on any atom is -0.389 e. The van der Waals surface area contributed by atoms with Gasteiger partial charge in [0.25, 0.3) is 5.91 Å². The lowest BCUT2D eigenvalue weighted by Crippen LogP contribution is -2.54. The number of likely N-dealkylation sites (tertiary alicyclic amines) is 1. The third kappa shape index (κ3) is 6.79. The fourth-order valence-electron chi connectivity index (χ4n) is 7.53. The molecule has 6 rings (SSSR count). The van der Waals surface area contributed by atoms with Crippen molar-refractivity contribution in [3.63, 3.8) is 0 Å². The van der Waals surface area contributed by atoms with Gasteiger partial charge in [-0.15, -0.1) is 0 Å². The van der Waals surface area contributed by atoms with Gasteiger partial charge in [0.2, 0.25) is 18.2 Å². The molecule has 2 aliphatic carbocycles. The molecule has 6 atom stereocenters. The molecule has 13 heteroatoms. The fraction of sp³-hybridized carbons (Fsp3) is 0.606. The van der Waals surface area contributed by atoms with Gasteiger partial charge >= 0.3 is 0 Å². The number of aromatic nitrogens is 1. The summed E-state index contributed by atoms with van der Waals surface area (Å²) in [6, 6.07) is 4.56. The average molecular weight is 644 g/mol. The first-order chi connectivity index (χ1) is 22.0. The second-order valence-electron chi connectivity index (χ2n) is 13.5. The Morgan fingerprint density at radius 2 is 1.91 bits per heavy atom. The lowest BCUT2D eigenvalue weighted by atomic mass is 9.83. The second-order valence-corrected chi connectivity index (χ2v) is 13.5. The summed E-state index contributed by atoms with van der Waals surface area (Å²) in [5.74, 6) is -1.95. The highest BCUT2D eigenvalue weighted by Gasteiger charge is 2.68. The number of aliphatic hydroxyl groups excluding tert-OH is 1. The topological polar surface area (TPSA) is 161 Å². The SMILES string of the molecule is CC1(C)[C@@H]2[C@@H](F)N(C(=O)C(NC(=O)c3cc4c(F)cccc4[nH]3)C3CCCCC3)C[C@@H]21.O=CNC(CC1CCNC1=O)C(=O)CO. The van der Waals surface area contributed by atoms with Crippen molar-refractivity contribution in [1.82, 2.24) is 25.8 Å². The summed E-state index contributed by atoms with van der Waals surface area (Å²) in [4.78, 5) is 63.4. The third-order valence-electron chi connectivity index (χ3n) is 10.4. The maximum Gasteiger partial charge on any atom is 0.268 e. The van der Waals surface area contributed by atoms with Crippen molar-refractivity contribution in [1.29, 1.82) is 0 Å². The quantitative estimate of drug-likeness (QED) is 0.198. The van der Waals surface area contributed by atoms with Crippen LogP contribution < -0.4 is 16.0 Å². The molecular weight excluding hydrogens is 600 g/mol. The highest BCUT2D eigenvalue weighted by molar-refractivity contribution is 6.00. The van der Waals surface area contributed by atoms with E-state index in [-0.39, 0.29) is 53.0 Å². The molecule has 0 spiro atoms. The van der Waals surface area contributed by atoms with Crippen LogP contribution in [-0.4, -0.2) is 83.0 Å². The number of carbonyl (C=O) groups is 5. The highest BCUT2D eigenvalue weighted by atomic mass is 19.1. The van der Waals surface area contributed by atoms with Crippen LogP contribution in [0.5, 0.6) is 0 Å². The number of nitrogens with one attached hydrogen (secondary N) is 4. The molecule has 2 saturated carbocycles. The maximum atomic E-state index is 15.1. The first-order valence-corrected chi connectivity index (χ1v) is 16.1. The van der Waals surface area contributed by atoms with Crippen LogP contribution in [0.3, 0.4) is 0 Å². The number of Topliss-reactive ketones (excluding diaryl/α,β-unsaturated/α-hetero) is 1. The summed E-state index contributed by atoms with van der Waals surface area (Å²) in [6.07, 6.45) is 4.81. The normalized spacial score (nSPS) is 26.3. The number of ketones is 1. The van der Waals surface area contributed by atoms with Crippen LogP contribution in [0.2, 0.25) is 0 Å². The molecule has 3 unspecified atom stereocenters. The van der Waals surface area contributed by atoms with Crippen LogP contribution in [0, 0.1) is 34.9 Å². The average Bonchev–Trinajstić information content (AvgIpc) is 3.52. The van der Waals surface area contributed by atoms with Crippen molar-refractivity contribution in [2.24, 2.45) is 29.1 Å². The lowest BCUT2D eigenvalue weighted by Gasteiger charge is -2.35. The first kappa shape index (κ1) is 33.5. The number of hydrogen-bond donors (Lipinski definition) is 5. The number of nitrogens with zero attached hydrogens (tertiary/aromatic N) is 1. The smallest absolute Gasteiger partial charge is 0.268 e. The molecular formula is C33H43F2N5O6. The van der Waals surface area contributed by atoms with E-state index in [1.807, 2.05) is 13.8 Å². The highest BCUT2D eigenvalue weighted by Crippen LogP contribution is 2.65. The number of H-pyrrole nitrogens is 1. The Morgan fingerprint density at radius 3 is 2.50 bits per heavy atom. The summed E-state index contributed by atoms with van der Waals surface area (Å²) >= 11 is 0. The van der Waals surface area contributed by atoms with Crippen molar-refractivity contribution in [2.45, 2.75) is 77.2 Å². The largest absolute Gasteiger partial charge is 0.389 e. The van der Waals surface area contributed by atoms with E-state index in [0.29, 0.717) is 36.8 Å². The van der Waals surface area contributed by atoms with Gasteiger partial charge in [-0.3, -0.25) is 24.0 Å². The molecule has 0 bridgehead atoms. The van der Waals surface area contributed by atoms with E-state index in [1.165, 1.54) is 17.0 Å². The molecule has 2 aromatic rings. The number of aliphatic hydroxyl groups is 1. The van der Waals surface area contributed by atoms with Crippen molar-refractivity contribution in [2.75, 3.05) is 19.7 Å². The maximum absolute atomic E-state index is 15.1. The van der Waals surface area contributed by atoms with E-state index >= 15 is 4.39 Å². The second kappa shape index (κ2) is 13.9. The Balaban J connectivity index is 0.000000235. The molecule has 250 valence electrons. The summed E-state index contributed by atoms with van der Waals surface area (Å²) in [7, 11) is 0. The van der Waals surface area contributed by atoms with Crippen LogP contribution in [0.15, 0.2) is 24.3 Å². The minimum absolute atomic E-state index is 0.0107. The van der Waals surface area contributed by atoms with Crippen molar-refractivity contribution < 1.29 is 37.9 Å². The number of halogens is 2.